The fourth-order valence-electron chi connectivity index (χ4n) is 2.76. The van der Waals surface area contributed by atoms with Gasteiger partial charge < -0.3 is 0 Å². The Hall–Kier alpha value is -1.95. The second-order valence-electron chi connectivity index (χ2n) is 7.10. The van der Waals surface area contributed by atoms with E-state index in [4.69, 9.17) is 34.8 Å². The van der Waals surface area contributed by atoms with Crippen LogP contribution in [0.3, 0.4) is 0 Å². The summed E-state index contributed by atoms with van der Waals surface area (Å²) in [6, 6.07) is 5.96. The number of halogens is 10. The molecule has 4 nitrogen and oxygen atoms in total. The lowest BCUT2D eigenvalue weighted by Gasteiger charge is -2.19. The minimum absolute atomic E-state index is 0.0718. The normalized spacial score (nSPS) is 13.1. The van der Waals surface area contributed by atoms with Crippen molar-refractivity contribution in [2.45, 2.75) is 24.7 Å². The van der Waals surface area contributed by atoms with Crippen molar-refractivity contribution in [3.63, 3.8) is 0 Å². The number of hydrazine groups is 1. The van der Waals surface area contributed by atoms with Crippen molar-refractivity contribution in [2.24, 2.45) is 0 Å². The van der Waals surface area contributed by atoms with Crippen molar-refractivity contribution >= 4 is 68.6 Å². The van der Waals surface area contributed by atoms with Gasteiger partial charge in [0.05, 0.1) is 26.5 Å². The number of carbonyl (C=O) groups is 2. The fourth-order valence-corrected chi connectivity index (χ4v) is 3.94. The Kier molecular flexibility index (Phi) is 9.54. The van der Waals surface area contributed by atoms with E-state index in [9.17, 15) is 35.9 Å². The van der Waals surface area contributed by atoms with Gasteiger partial charge >= 0.3 is 12.4 Å². The van der Waals surface area contributed by atoms with Gasteiger partial charge in [-0.05, 0) is 51.3 Å². The molecule has 0 aliphatic carbocycles. The topological polar surface area (TPSA) is 49.4 Å². The molecule has 190 valence electrons. The Morgan fingerprint density at radius 3 is 2.11 bits per heavy atom. The summed E-state index contributed by atoms with van der Waals surface area (Å²) in [6.45, 7) is 0. The molecule has 2 amide bonds. The lowest BCUT2D eigenvalue weighted by molar-refractivity contribution is -0.162. The SMILES string of the molecule is CN(NC(=O)c1ccc(/C=C/C(c2cc(Cl)c(Cl)c(Cl)c2)C(F)(F)F)cc1Br)C(=O)CC(F)(F)F. The maximum atomic E-state index is 13.7. The summed E-state index contributed by atoms with van der Waals surface area (Å²) < 4.78 is 78.2. The number of benzene rings is 2. The van der Waals surface area contributed by atoms with E-state index in [-0.39, 0.29) is 36.2 Å². The standard InChI is InChI=1S/C21H14BrCl3F6N2O2/c1-33(17(34)9-20(26,27)28)32-19(35)12-4-2-10(6-14(12)22)3-5-13(21(29,30)31)11-7-15(23)18(25)16(24)8-11/h2-8,13H,9H2,1H3,(H,32,35)/b5-3+. The van der Waals surface area contributed by atoms with Crippen LogP contribution in [0.25, 0.3) is 6.08 Å². The van der Waals surface area contributed by atoms with Crippen molar-refractivity contribution in [3.8, 4) is 0 Å². The lowest BCUT2D eigenvalue weighted by atomic mass is 9.97. The molecule has 0 radical (unpaired) electrons. The van der Waals surface area contributed by atoms with Crippen LogP contribution in [0, 0.1) is 0 Å². The predicted octanol–water partition coefficient (Wildman–Crippen LogP) is 7.82. The minimum atomic E-state index is -4.75. The van der Waals surface area contributed by atoms with Gasteiger partial charge in [-0.25, -0.2) is 0 Å². The number of alkyl halides is 6. The number of rotatable bonds is 5. The third-order valence-corrected chi connectivity index (χ3v) is 6.28. The van der Waals surface area contributed by atoms with E-state index in [1.54, 1.807) is 0 Å². The van der Waals surface area contributed by atoms with Gasteiger partial charge in [0.2, 0.25) is 5.91 Å². The molecule has 35 heavy (non-hydrogen) atoms. The summed E-state index contributed by atoms with van der Waals surface area (Å²) in [5, 5.41) is 0.0274. The Morgan fingerprint density at radius 2 is 1.63 bits per heavy atom. The molecule has 2 aromatic carbocycles. The molecule has 14 heteroatoms. The molecule has 0 aliphatic rings. The zero-order chi connectivity index (χ0) is 26.7. The summed E-state index contributed by atoms with van der Waals surface area (Å²) >= 11 is 20.6. The van der Waals surface area contributed by atoms with Crippen LogP contribution in [0.1, 0.15) is 33.8 Å². The van der Waals surface area contributed by atoms with Crippen LogP contribution in [0.4, 0.5) is 26.3 Å². The quantitative estimate of drug-likeness (QED) is 0.209. The highest BCUT2D eigenvalue weighted by Gasteiger charge is 2.39. The van der Waals surface area contributed by atoms with Crippen LogP contribution in [0.15, 0.2) is 40.9 Å². The number of carbonyl (C=O) groups excluding carboxylic acids is 2. The van der Waals surface area contributed by atoms with Gasteiger partial charge in [-0.2, -0.15) is 26.3 Å². The number of amides is 2. The summed E-state index contributed by atoms with van der Waals surface area (Å²) in [6.07, 6.45) is -9.19. The van der Waals surface area contributed by atoms with Crippen molar-refractivity contribution in [3.05, 3.63) is 72.6 Å². The number of hydrogen-bond acceptors (Lipinski definition) is 2. The van der Waals surface area contributed by atoms with Crippen LogP contribution in [0.2, 0.25) is 15.1 Å². The Morgan fingerprint density at radius 1 is 1.06 bits per heavy atom. The van der Waals surface area contributed by atoms with E-state index in [2.05, 4.69) is 15.9 Å². The first kappa shape index (κ1) is 29.3. The molecule has 1 unspecified atom stereocenters. The van der Waals surface area contributed by atoms with Crippen LogP contribution in [-0.4, -0.2) is 36.2 Å². The predicted molar refractivity (Wildman–Crippen MR) is 124 cm³/mol. The van der Waals surface area contributed by atoms with E-state index in [1.807, 2.05) is 5.43 Å². The molecule has 1 atom stereocenters. The third-order valence-electron chi connectivity index (χ3n) is 4.43. The smallest absolute Gasteiger partial charge is 0.273 e. The number of nitrogens with one attached hydrogen (secondary N) is 1. The van der Waals surface area contributed by atoms with E-state index >= 15 is 0 Å². The zero-order valence-electron chi connectivity index (χ0n) is 17.4. The fraction of sp³-hybridized carbons (Fsp3) is 0.238. The largest absolute Gasteiger partial charge is 0.399 e. The summed E-state index contributed by atoms with van der Waals surface area (Å²) in [7, 11) is 0.948. The molecule has 0 aromatic heterocycles. The van der Waals surface area contributed by atoms with E-state index in [0.29, 0.717) is 5.01 Å². The highest BCUT2D eigenvalue weighted by atomic mass is 79.9. The molecule has 0 bridgehead atoms. The monoisotopic (exact) mass is 624 g/mol. The van der Waals surface area contributed by atoms with E-state index in [0.717, 1.165) is 31.3 Å². The highest BCUT2D eigenvalue weighted by molar-refractivity contribution is 9.10. The minimum Gasteiger partial charge on any atom is -0.273 e. The summed E-state index contributed by atoms with van der Waals surface area (Å²) in [4.78, 5) is 23.8. The van der Waals surface area contributed by atoms with Gasteiger partial charge in [-0.3, -0.25) is 20.0 Å². The molecular weight excluding hydrogens is 612 g/mol. The van der Waals surface area contributed by atoms with Gasteiger partial charge in [0, 0.05) is 11.5 Å². The maximum Gasteiger partial charge on any atom is 0.399 e. The van der Waals surface area contributed by atoms with Gasteiger partial charge in [0.1, 0.15) is 6.42 Å². The maximum absolute atomic E-state index is 13.7. The van der Waals surface area contributed by atoms with Crippen molar-refractivity contribution < 1.29 is 35.9 Å². The molecule has 0 saturated carbocycles. The van der Waals surface area contributed by atoms with Gasteiger partial charge in [-0.15, -0.1) is 0 Å². The van der Waals surface area contributed by atoms with Crippen LogP contribution >= 0.6 is 50.7 Å². The second-order valence-corrected chi connectivity index (χ2v) is 9.15. The average molecular weight is 627 g/mol. The molecule has 2 rings (SSSR count). The molecule has 0 aliphatic heterocycles. The molecule has 1 N–H and O–H groups in total. The Bertz CT molecular complexity index is 1130. The van der Waals surface area contributed by atoms with Crippen LogP contribution in [-0.2, 0) is 4.79 Å². The van der Waals surface area contributed by atoms with Gasteiger partial charge in [0.25, 0.3) is 5.91 Å². The first-order valence-corrected chi connectivity index (χ1v) is 11.3. The highest BCUT2D eigenvalue weighted by Crippen LogP contribution is 2.41. The van der Waals surface area contributed by atoms with E-state index < -0.39 is 36.5 Å². The number of hydrogen-bond donors (Lipinski definition) is 1. The Labute approximate surface area is 218 Å². The molecule has 0 fully saturated rings. The zero-order valence-corrected chi connectivity index (χ0v) is 21.2. The lowest BCUT2D eigenvalue weighted by Crippen LogP contribution is -2.44. The van der Waals surface area contributed by atoms with E-state index in [1.165, 1.54) is 18.2 Å². The van der Waals surface area contributed by atoms with Crippen molar-refractivity contribution in [1.82, 2.24) is 10.4 Å². The number of nitrogens with zero attached hydrogens (tertiary/aromatic N) is 1. The molecular formula is C21H14BrCl3F6N2O2. The molecule has 2 aromatic rings. The Balaban J connectivity index is 2.24. The first-order valence-electron chi connectivity index (χ1n) is 9.33. The van der Waals surface area contributed by atoms with Crippen LogP contribution < -0.4 is 5.43 Å². The van der Waals surface area contributed by atoms with Crippen molar-refractivity contribution in [2.75, 3.05) is 7.05 Å². The molecule has 0 saturated heterocycles. The summed E-state index contributed by atoms with van der Waals surface area (Å²) in [5.74, 6) is -4.38. The average Bonchev–Trinajstić information content (AvgIpc) is 2.69. The van der Waals surface area contributed by atoms with Gasteiger partial charge in [0.15, 0.2) is 0 Å². The number of allylic oxidation sites excluding steroid dienone is 1. The second kappa shape index (κ2) is 11.4. The van der Waals surface area contributed by atoms with Crippen LogP contribution in [0.5, 0.6) is 0 Å². The summed E-state index contributed by atoms with van der Waals surface area (Å²) in [5.41, 5.74) is 1.94. The molecule has 0 heterocycles. The van der Waals surface area contributed by atoms with Gasteiger partial charge in [-0.1, -0.05) is 53.0 Å². The first-order chi connectivity index (χ1) is 16.0. The third kappa shape index (κ3) is 8.30. The van der Waals surface area contributed by atoms with Crippen molar-refractivity contribution in [1.29, 1.82) is 0 Å². The molecule has 0 spiro atoms.